The molecule has 0 bridgehead atoms. The zero-order valence-corrected chi connectivity index (χ0v) is 62.6. The second-order valence-corrected chi connectivity index (χ2v) is 36.8. The topological polar surface area (TPSA) is 44.7 Å². The monoisotopic (exact) mass is 1520 g/mol. The standard InChI is InChI=1S/C42H29BrOSi.C24H23BO3.C24H18Br2Si/c43-33-16-11-22-37(29-33)45(34-17-3-1-4-18-34,35-19-5-2-6-20-35)36-21-10-14-31(28-36)30-13-9-15-32(27-30)38-24-12-25-40-39-23-7-8-26-41(39)44-42(38)40;1-23(2)24(3,4)28-25(27-23)17-10-7-9-16(15-17)18-12-8-13-20-19-11-5-6-14-21(19)26-22(18)20;25-19-9-7-15-23(17-19)27(21-11-3-1-4-12-21,22-13-5-2-6-14-22)24-16-8-10-20(26)18-24/h1-29H;5-15H,1-4H3;1-18H. The summed E-state index contributed by atoms with van der Waals surface area (Å²) in [7, 11) is -5.47. The van der Waals surface area contributed by atoms with Gasteiger partial charge in [0.15, 0.2) is 16.1 Å². The van der Waals surface area contributed by atoms with Crippen LogP contribution in [0.3, 0.4) is 0 Å². The Morgan fingerprint density at radius 2 is 0.560 bits per heavy atom. The third-order valence-electron chi connectivity index (χ3n) is 19.9. The highest BCUT2D eigenvalue weighted by molar-refractivity contribution is 9.11. The molecule has 2 aromatic heterocycles. The maximum Gasteiger partial charge on any atom is 0.494 e. The second-order valence-electron chi connectivity index (χ2n) is 26.4. The summed E-state index contributed by atoms with van der Waals surface area (Å²) in [6, 6.07) is 126. The summed E-state index contributed by atoms with van der Waals surface area (Å²) in [4.78, 5) is 0. The van der Waals surface area contributed by atoms with Crippen LogP contribution in [0, 0.1) is 0 Å². The van der Waals surface area contributed by atoms with Gasteiger partial charge >= 0.3 is 7.12 Å². The maximum absolute atomic E-state index is 6.41. The zero-order valence-electron chi connectivity index (χ0n) is 55.8. The van der Waals surface area contributed by atoms with E-state index in [1.165, 1.54) is 52.6 Å². The van der Waals surface area contributed by atoms with E-state index in [9.17, 15) is 0 Å². The van der Waals surface area contributed by atoms with Crippen LogP contribution in [0.15, 0.2) is 374 Å². The fourth-order valence-electron chi connectivity index (χ4n) is 14.5. The SMILES string of the molecule is Brc1cccc([Si](c2ccccc2)(c2ccccc2)c2cccc(-c3cccc(-c4cccc5c4oc4ccccc45)c3)c2)c1.Brc1cccc([Si](c2ccccc2)(c2ccccc2)c2cccc(Br)c2)c1.CC1(C)OB(c2cccc(-c3cccc4c3oc3ccccc34)c2)OC1(C)C. The minimum absolute atomic E-state index is 0.355. The average molecular weight is 1520 g/mol. The second kappa shape index (κ2) is 28.3. The quantitative estimate of drug-likeness (QED) is 0.0903. The number of furan rings is 2. The summed E-state index contributed by atoms with van der Waals surface area (Å²) in [6.07, 6.45) is 0. The lowest BCUT2D eigenvalue weighted by atomic mass is 9.78. The molecule has 0 atom stereocenters. The van der Waals surface area contributed by atoms with Crippen LogP contribution < -0.4 is 47.0 Å². The van der Waals surface area contributed by atoms with Crippen molar-refractivity contribution in [2.24, 2.45) is 0 Å². The van der Waals surface area contributed by atoms with E-state index < -0.39 is 16.1 Å². The first-order chi connectivity index (χ1) is 48.8. The molecule has 1 saturated heterocycles. The van der Waals surface area contributed by atoms with Crippen molar-refractivity contribution in [3.8, 4) is 33.4 Å². The molecule has 0 aliphatic carbocycles. The Labute approximate surface area is 612 Å². The van der Waals surface area contributed by atoms with Crippen molar-refractivity contribution in [3.05, 3.63) is 365 Å². The fraction of sp³-hybridized carbons (Fsp3) is 0.0667. The van der Waals surface area contributed by atoms with Crippen LogP contribution in [0.2, 0.25) is 0 Å². The lowest BCUT2D eigenvalue weighted by Gasteiger charge is -2.34. The van der Waals surface area contributed by atoms with E-state index in [4.69, 9.17) is 18.1 Å². The van der Waals surface area contributed by atoms with E-state index in [0.29, 0.717) is 0 Å². The molecule has 4 nitrogen and oxygen atoms in total. The average Bonchev–Trinajstić information content (AvgIpc) is 1.17. The van der Waals surface area contributed by atoms with Crippen LogP contribution in [0.25, 0.3) is 77.3 Å². The van der Waals surface area contributed by atoms with Gasteiger partial charge in [0.1, 0.15) is 22.3 Å². The largest absolute Gasteiger partial charge is 0.494 e. The Morgan fingerprint density at radius 1 is 0.260 bits per heavy atom. The van der Waals surface area contributed by atoms with Gasteiger partial charge in [-0.2, -0.15) is 0 Å². The summed E-state index contributed by atoms with van der Waals surface area (Å²) in [5.74, 6) is 0. The third kappa shape index (κ3) is 12.7. The van der Waals surface area contributed by atoms with E-state index in [1.807, 2.05) is 30.3 Å². The van der Waals surface area contributed by atoms with Crippen molar-refractivity contribution < 1.29 is 18.1 Å². The molecule has 10 heteroatoms. The van der Waals surface area contributed by atoms with Crippen LogP contribution in [-0.4, -0.2) is 34.5 Å². The number of fused-ring (bicyclic) bond motifs is 6. The van der Waals surface area contributed by atoms with Crippen LogP contribution >= 0.6 is 47.8 Å². The predicted molar refractivity (Wildman–Crippen MR) is 436 cm³/mol. The number of benzene rings is 14. The van der Waals surface area contributed by atoms with Gasteiger partial charge in [-0.25, -0.2) is 0 Å². The third-order valence-corrected chi connectivity index (χ3v) is 30.9. The lowest BCUT2D eigenvalue weighted by molar-refractivity contribution is 0.00578. The highest BCUT2D eigenvalue weighted by Crippen LogP contribution is 2.40. The van der Waals surface area contributed by atoms with Crippen LogP contribution in [0.4, 0.5) is 0 Å². The summed E-state index contributed by atoms with van der Waals surface area (Å²) < 4.78 is 28.4. The zero-order chi connectivity index (χ0) is 68.4. The van der Waals surface area contributed by atoms with Crippen molar-refractivity contribution in [1.82, 2.24) is 0 Å². The van der Waals surface area contributed by atoms with Crippen LogP contribution in [0.5, 0.6) is 0 Å². The van der Waals surface area contributed by atoms with Crippen molar-refractivity contribution >= 4 is 162 Å². The smallest absolute Gasteiger partial charge is 0.455 e. The lowest BCUT2D eigenvalue weighted by Crippen LogP contribution is -2.74. The molecule has 0 amide bonds. The number of halogens is 3. The Bertz CT molecular complexity index is 5440. The van der Waals surface area contributed by atoms with Gasteiger partial charge in [0.2, 0.25) is 0 Å². The molecule has 1 fully saturated rings. The van der Waals surface area contributed by atoms with Crippen molar-refractivity contribution in [2.75, 3.05) is 0 Å². The molecule has 16 aromatic rings. The van der Waals surface area contributed by atoms with Gasteiger partial charge in [-0.05, 0) is 152 Å². The first kappa shape index (κ1) is 66.4. The van der Waals surface area contributed by atoms with Gasteiger partial charge < -0.3 is 18.1 Å². The van der Waals surface area contributed by atoms with Gasteiger partial charge in [0.25, 0.3) is 0 Å². The summed E-state index contributed by atoms with van der Waals surface area (Å²) >= 11 is 11.2. The van der Waals surface area contributed by atoms with E-state index >= 15 is 0 Å². The number of rotatable bonds is 12. The van der Waals surface area contributed by atoms with Gasteiger partial charge in [0, 0.05) is 46.1 Å². The predicted octanol–water partition coefficient (Wildman–Crippen LogP) is 19.2. The summed E-state index contributed by atoms with van der Waals surface area (Å²) in [5, 5.41) is 15.5. The van der Waals surface area contributed by atoms with E-state index in [0.717, 1.165) is 85.0 Å². The Kier molecular flexibility index (Phi) is 18.8. The van der Waals surface area contributed by atoms with E-state index in [2.05, 4.69) is 397 Å². The molecule has 17 rings (SSSR count). The first-order valence-corrected chi connectivity index (χ1v) is 40.1. The highest BCUT2D eigenvalue weighted by Gasteiger charge is 2.52. The van der Waals surface area contributed by atoms with Crippen LogP contribution in [0.1, 0.15) is 27.7 Å². The molecule has 486 valence electrons. The molecule has 1 aliphatic rings. The molecule has 0 radical (unpaired) electrons. The summed E-state index contributed by atoms with van der Waals surface area (Å²) in [5.41, 5.74) is 10.8. The van der Waals surface area contributed by atoms with Crippen LogP contribution in [-0.2, 0) is 9.31 Å². The summed E-state index contributed by atoms with van der Waals surface area (Å²) in [6.45, 7) is 8.30. The molecular weight excluding hydrogens is 1450 g/mol. The van der Waals surface area contributed by atoms with Crippen molar-refractivity contribution in [2.45, 2.75) is 38.9 Å². The fourth-order valence-corrected chi connectivity index (χ4v) is 26.0. The molecule has 14 aromatic carbocycles. The van der Waals surface area contributed by atoms with Gasteiger partial charge in [0.05, 0.1) is 11.2 Å². The number of hydrogen-bond donors (Lipinski definition) is 0. The molecule has 0 N–H and O–H groups in total. The minimum atomic E-state index is -2.67. The first-order valence-electron chi connectivity index (χ1n) is 33.8. The van der Waals surface area contributed by atoms with Gasteiger partial charge in [-0.1, -0.05) is 345 Å². The molecule has 0 saturated carbocycles. The molecule has 1 aliphatic heterocycles. The van der Waals surface area contributed by atoms with E-state index in [1.54, 1.807) is 0 Å². The number of hydrogen-bond acceptors (Lipinski definition) is 4. The Hall–Kier alpha value is -9.46. The molecule has 0 unspecified atom stereocenters. The van der Waals surface area contributed by atoms with Gasteiger partial charge in [-0.15, -0.1) is 0 Å². The Morgan fingerprint density at radius 3 is 0.970 bits per heavy atom. The molecular formula is C90H70BBr3O4Si2. The van der Waals surface area contributed by atoms with Crippen molar-refractivity contribution in [1.29, 1.82) is 0 Å². The maximum atomic E-state index is 6.41. The van der Waals surface area contributed by atoms with Crippen molar-refractivity contribution in [3.63, 3.8) is 0 Å². The minimum Gasteiger partial charge on any atom is -0.455 e. The van der Waals surface area contributed by atoms with E-state index in [-0.39, 0.29) is 18.3 Å². The Balaban J connectivity index is 0.000000128. The normalized spacial score (nSPS) is 13.4. The highest BCUT2D eigenvalue weighted by atomic mass is 79.9. The van der Waals surface area contributed by atoms with Gasteiger partial charge in [-0.3, -0.25) is 0 Å². The molecule has 0 spiro atoms. The molecule has 100 heavy (non-hydrogen) atoms. The molecule has 3 heterocycles. The number of para-hydroxylation sites is 4.